The van der Waals surface area contributed by atoms with Crippen molar-refractivity contribution in [3.8, 4) is 17.4 Å². The topological polar surface area (TPSA) is 103 Å². The number of aromatic nitrogens is 1. The molecule has 0 saturated carbocycles. The van der Waals surface area contributed by atoms with Gasteiger partial charge in [0.15, 0.2) is 5.76 Å². The molecule has 5 aromatic rings. The Morgan fingerprint density at radius 3 is 2.24 bits per heavy atom. The van der Waals surface area contributed by atoms with Gasteiger partial charge >= 0.3 is 6.03 Å². The van der Waals surface area contributed by atoms with Crippen molar-refractivity contribution >= 4 is 56.8 Å². The van der Waals surface area contributed by atoms with Crippen molar-refractivity contribution in [1.82, 2.24) is 4.98 Å². The summed E-state index contributed by atoms with van der Waals surface area (Å²) in [6, 6.07) is 28.8. The number of benzene rings is 3. The number of nitrogens with one attached hydrogen (secondary N) is 3. The first-order chi connectivity index (χ1) is 18.1. The van der Waals surface area contributed by atoms with Crippen LogP contribution >= 0.6 is 22.6 Å². The summed E-state index contributed by atoms with van der Waals surface area (Å²) in [4.78, 5) is 16.6. The summed E-state index contributed by atoms with van der Waals surface area (Å²) in [6.45, 7) is 0.608. The van der Waals surface area contributed by atoms with Gasteiger partial charge in [-0.25, -0.2) is 9.78 Å². The number of furan rings is 1. The molecule has 0 aliphatic rings. The van der Waals surface area contributed by atoms with E-state index < -0.39 is 0 Å². The molecule has 7 nitrogen and oxygen atoms in total. The minimum atomic E-state index is -0.295. The highest BCUT2D eigenvalue weighted by Gasteiger charge is 2.20. The van der Waals surface area contributed by atoms with Crippen LogP contribution in [0.3, 0.4) is 0 Å². The molecular formula is C29H22IN5O2. The van der Waals surface area contributed by atoms with E-state index in [2.05, 4.69) is 49.6 Å². The lowest BCUT2D eigenvalue weighted by molar-refractivity contribution is 0.262. The Hall–Kier alpha value is -4.36. The van der Waals surface area contributed by atoms with Crippen LogP contribution < -0.4 is 16.0 Å². The Balaban J connectivity index is 1.26. The lowest BCUT2D eigenvalue weighted by atomic mass is 10.1. The van der Waals surface area contributed by atoms with E-state index in [1.54, 1.807) is 6.20 Å². The van der Waals surface area contributed by atoms with Crippen LogP contribution in [0, 0.1) is 14.9 Å². The smallest absolute Gasteiger partial charge is 0.323 e. The number of rotatable bonds is 7. The second-order valence-electron chi connectivity index (χ2n) is 8.27. The standard InChI is InChI=1S/C29H22IN5O2/c30-25-24-26(21(17-31)18-33-28(24)37-27(25)20-7-3-1-4-8-20)32-16-15-19-11-13-23(14-12-19)35-29(36)34-22-9-5-2-6-10-22/h1-14,18H,15-16H2,(H,32,33)(H2,34,35,36). The average Bonchev–Trinajstić information content (AvgIpc) is 3.27. The number of nitrogens with zero attached hydrogens (tertiary/aromatic N) is 2. The first kappa shape index (κ1) is 24.3. The molecule has 0 aliphatic carbocycles. The van der Waals surface area contributed by atoms with Gasteiger partial charge in [0.25, 0.3) is 0 Å². The normalized spacial score (nSPS) is 10.6. The van der Waals surface area contributed by atoms with Crippen molar-refractivity contribution in [2.24, 2.45) is 0 Å². The molecule has 0 spiro atoms. The number of hydrogen-bond donors (Lipinski definition) is 3. The third-order valence-corrected chi connectivity index (χ3v) is 6.81. The van der Waals surface area contributed by atoms with Gasteiger partial charge < -0.3 is 20.4 Å². The van der Waals surface area contributed by atoms with E-state index in [9.17, 15) is 10.1 Å². The molecule has 0 atom stereocenters. The van der Waals surface area contributed by atoms with Gasteiger partial charge in [0.05, 0.1) is 26.4 Å². The van der Waals surface area contributed by atoms with Crippen LogP contribution in [0.15, 0.2) is 95.5 Å². The third kappa shape index (κ3) is 5.57. The summed E-state index contributed by atoms with van der Waals surface area (Å²) in [5.41, 5.74) is 5.17. The van der Waals surface area contributed by atoms with E-state index in [0.29, 0.717) is 23.5 Å². The fourth-order valence-electron chi connectivity index (χ4n) is 3.97. The maximum absolute atomic E-state index is 12.2. The molecule has 182 valence electrons. The Bertz CT molecular complexity index is 1580. The Labute approximate surface area is 227 Å². The SMILES string of the molecule is N#Cc1cnc2oc(-c3ccccc3)c(I)c2c1NCCc1ccc(NC(=O)Nc2ccccc2)cc1. The monoisotopic (exact) mass is 599 g/mol. The first-order valence-electron chi connectivity index (χ1n) is 11.6. The van der Waals surface area contributed by atoms with Crippen molar-refractivity contribution in [3.05, 3.63) is 106 Å². The Kier molecular flexibility index (Phi) is 7.33. The molecule has 3 aromatic carbocycles. The number of anilines is 3. The highest BCUT2D eigenvalue weighted by molar-refractivity contribution is 14.1. The molecule has 0 fully saturated rings. The van der Waals surface area contributed by atoms with Crippen LogP contribution in [0.1, 0.15) is 11.1 Å². The molecular weight excluding hydrogens is 577 g/mol. The van der Waals surface area contributed by atoms with Crippen molar-refractivity contribution < 1.29 is 9.21 Å². The summed E-state index contributed by atoms with van der Waals surface area (Å²) in [5.74, 6) is 0.737. The fraction of sp³-hybridized carbons (Fsp3) is 0.0690. The first-order valence-corrected chi connectivity index (χ1v) is 12.7. The van der Waals surface area contributed by atoms with E-state index in [1.807, 2.05) is 84.9 Å². The number of carbonyl (C=O) groups is 1. The molecule has 0 unspecified atom stereocenters. The van der Waals surface area contributed by atoms with E-state index in [-0.39, 0.29) is 6.03 Å². The van der Waals surface area contributed by atoms with Gasteiger partial charge in [0.2, 0.25) is 5.71 Å². The van der Waals surface area contributed by atoms with Gasteiger partial charge in [-0.15, -0.1) is 0 Å². The molecule has 3 N–H and O–H groups in total. The minimum Gasteiger partial charge on any atom is -0.436 e. The fourth-order valence-corrected chi connectivity index (χ4v) is 4.90. The summed E-state index contributed by atoms with van der Waals surface area (Å²) in [5, 5.41) is 19.6. The zero-order valence-electron chi connectivity index (χ0n) is 19.7. The van der Waals surface area contributed by atoms with Gasteiger partial charge in [-0.3, -0.25) is 0 Å². The summed E-state index contributed by atoms with van der Waals surface area (Å²) in [7, 11) is 0. The summed E-state index contributed by atoms with van der Waals surface area (Å²) < 4.78 is 6.98. The summed E-state index contributed by atoms with van der Waals surface area (Å²) >= 11 is 2.26. The van der Waals surface area contributed by atoms with Crippen molar-refractivity contribution in [1.29, 1.82) is 5.26 Å². The molecule has 0 saturated heterocycles. The number of nitriles is 1. The number of amides is 2. The molecule has 0 bridgehead atoms. The van der Waals surface area contributed by atoms with Crippen LogP contribution in [0.5, 0.6) is 0 Å². The second-order valence-corrected chi connectivity index (χ2v) is 9.35. The average molecular weight is 599 g/mol. The largest absolute Gasteiger partial charge is 0.436 e. The van der Waals surface area contributed by atoms with Crippen molar-refractivity contribution in [2.45, 2.75) is 6.42 Å². The Morgan fingerprint density at radius 2 is 1.57 bits per heavy atom. The lowest BCUT2D eigenvalue weighted by Gasteiger charge is -2.11. The lowest BCUT2D eigenvalue weighted by Crippen LogP contribution is -2.19. The highest BCUT2D eigenvalue weighted by atomic mass is 127. The molecule has 0 radical (unpaired) electrons. The zero-order valence-corrected chi connectivity index (χ0v) is 21.8. The number of pyridine rings is 1. The molecule has 2 heterocycles. The van der Waals surface area contributed by atoms with Gasteiger partial charge in [0, 0.05) is 23.5 Å². The number of fused-ring (bicyclic) bond motifs is 1. The van der Waals surface area contributed by atoms with Crippen LogP contribution in [0.25, 0.3) is 22.4 Å². The number of para-hydroxylation sites is 1. The van der Waals surface area contributed by atoms with Crippen molar-refractivity contribution in [2.75, 3.05) is 22.5 Å². The molecule has 2 aromatic heterocycles. The molecule has 8 heteroatoms. The van der Waals surface area contributed by atoms with E-state index in [0.717, 1.165) is 43.6 Å². The van der Waals surface area contributed by atoms with Gasteiger partial charge in [-0.1, -0.05) is 60.7 Å². The number of halogens is 1. The highest BCUT2D eigenvalue weighted by Crippen LogP contribution is 2.38. The number of carbonyl (C=O) groups excluding carboxylic acids is 1. The number of hydrogen-bond acceptors (Lipinski definition) is 5. The van der Waals surface area contributed by atoms with E-state index >= 15 is 0 Å². The van der Waals surface area contributed by atoms with Crippen molar-refractivity contribution in [3.63, 3.8) is 0 Å². The maximum atomic E-state index is 12.2. The van der Waals surface area contributed by atoms with E-state index in [1.165, 1.54) is 0 Å². The minimum absolute atomic E-state index is 0.295. The molecule has 0 aliphatic heterocycles. The molecule has 37 heavy (non-hydrogen) atoms. The van der Waals surface area contributed by atoms with Gasteiger partial charge in [-0.05, 0) is 58.8 Å². The van der Waals surface area contributed by atoms with E-state index in [4.69, 9.17) is 4.42 Å². The van der Waals surface area contributed by atoms with Crippen LogP contribution in [0.2, 0.25) is 0 Å². The Morgan fingerprint density at radius 1 is 0.919 bits per heavy atom. The van der Waals surface area contributed by atoms with Crippen LogP contribution in [0.4, 0.5) is 21.9 Å². The maximum Gasteiger partial charge on any atom is 0.323 e. The van der Waals surface area contributed by atoms with Gasteiger partial charge in [0.1, 0.15) is 6.07 Å². The molecule has 5 rings (SSSR count). The summed E-state index contributed by atoms with van der Waals surface area (Å²) in [6.07, 6.45) is 2.27. The van der Waals surface area contributed by atoms with Crippen LogP contribution in [-0.4, -0.2) is 17.6 Å². The van der Waals surface area contributed by atoms with Crippen LogP contribution in [-0.2, 0) is 6.42 Å². The van der Waals surface area contributed by atoms with Gasteiger partial charge in [-0.2, -0.15) is 5.26 Å². The molecule has 2 amide bonds. The zero-order chi connectivity index (χ0) is 25.6. The third-order valence-electron chi connectivity index (χ3n) is 5.78. The second kappa shape index (κ2) is 11.1. The quantitative estimate of drug-likeness (QED) is 0.171. The predicted octanol–water partition coefficient (Wildman–Crippen LogP) is 7.27. The predicted molar refractivity (Wildman–Crippen MR) is 155 cm³/mol. The number of urea groups is 1.